The quantitative estimate of drug-likeness (QED) is 0.0889. The van der Waals surface area contributed by atoms with Crippen LogP contribution in [0.15, 0.2) is 48.5 Å². The number of carbonyl (C=O) groups excluding carboxylic acids is 4. The van der Waals surface area contributed by atoms with E-state index >= 15 is 0 Å². The predicted octanol–water partition coefficient (Wildman–Crippen LogP) is 6.51. The Bertz CT molecular complexity index is 1200. The number of hydrogen-bond acceptors (Lipinski definition) is 12. The first-order chi connectivity index (χ1) is 21.1. The minimum atomic E-state index is -1.67. The molecule has 2 N–H and O–H groups in total. The molecule has 0 radical (unpaired) electrons. The van der Waals surface area contributed by atoms with Crippen molar-refractivity contribution in [3.63, 3.8) is 0 Å². The maximum atomic E-state index is 12.8. The van der Waals surface area contributed by atoms with Crippen LogP contribution in [0.25, 0.3) is 0 Å². The summed E-state index contributed by atoms with van der Waals surface area (Å²) < 4.78 is 36.3. The minimum Gasteiger partial charge on any atom is -0.468 e. The van der Waals surface area contributed by atoms with Crippen molar-refractivity contribution in [3.8, 4) is 17.2 Å². The van der Waals surface area contributed by atoms with Gasteiger partial charge >= 0.3 is 24.4 Å². The average molecular weight is 618 g/mol. The van der Waals surface area contributed by atoms with Crippen LogP contribution in [-0.4, -0.2) is 56.4 Å². The Morgan fingerprint density at radius 2 is 1.36 bits per heavy atom. The fraction of sp³-hybridized carbons (Fsp3) is 0.500. The molecule has 2 atom stereocenters. The molecule has 2 aromatic carbocycles. The van der Waals surface area contributed by atoms with Crippen LogP contribution in [0.5, 0.6) is 17.2 Å². The topological polar surface area (TPSA) is 159 Å². The van der Waals surface area contributed by atoms with Crippen LogP contribution in [0.1, 0.15) is 71.3 Å². The molecule has 44 heavy (non-hydrogen) atoms. The molecule has 2 rings (SSSR count). The van der Waals surface area contributed by atoms with Gasteiger partial charge in [0, 0.05) is 12.8 Å². The van der Waals surface area contributed by atoms with E-state index in [0.717, 1.165) is 25.7 Å². The van der Waals surface area contributed by atoms with Crippen LogP contribution in [0.2, 0.25) is 0 Å². The zero-order valence-electron chi connectivity index (χ0n) is 25.8. The van der Waals surface area contributed by atoms with Crippen molar-refractivity contribution in [3.05, 3.63) is 54.1 Å². The highest BCUT2D eigenvalue weighted by atomic mass is 16.7. The van der Waals surface area contributed by atoms with Crippen LogP contribution < -0.4 is 19.9 Å². The van der Waals surface area contributed by atoms with Gasteiger partial charge in [-0.15, -0.1) is 0 Å². The summed E-state index contributed by atoms with van der Waals surface area (Å²) in [5.41, 5.74) is 5.27. The van der Waals surface area contributed by atoms with E-state index in [9.17, 15) is 19.2 Å². The summed E-state index contributed by atoms with van der Waals surface area (Å²) in [5.74, 6) is -0.712. The highest BCUT2D eigenvalue weighted by Crippen LogP contribution is 2.32. The van der Waals surface area contributed by atoms with Gasteiger partial charge in [0.1, 0.15) is 17.4 Å². The van der Waals surface area contributed by atoms with E-state index in [1.54, 1.807) is 43.3 Å². The number of hydrogen-bond donors (Lipinski definition) is 1. The first-order valence-corrected chi connectivity index (χ1v) is 14.7. The molecule has 0 saturated heterocycles. The summed E-state index contributed by atoms with van der Waals surface area (Å²) in [4.78, 5) is 49.8. The minimum absolute atomic E-state index is 0.0965. The molecule has 12 nitrogen and oxygen atoms in total. The third kappa shape index (κ3) is 12.9. The molecule has 0 heterocycles. The van der Waals surface area contributed by atoms with Crippen molar-refractivity contribution in [1.82, 2.24) is 0 Å². The molecule has 12 heteroatoms. The number of esters is 1. The number of rotatable bonds is 17. The Hall–Kier alpha value is -4.32. The first-order valence-electron chi connectivity index (χ1n) is 14.7. The molecule has 0 amide bonds. The third-order valence-electron chi connectivity index (χ3n) is 6.34. The van der Waals surface area contributed by atoms with Gasteiger partial charge in [0.25, 0.3) is 0 Å². The standard InChI is InChI=1S/C32H43NO11/c1-5-7-12-18-39-29(35)43-26-17-16-24(20-27(26)44-30(36)40-19-13-8-6-2)22-32(33,28(34)38-4)21-23(3)41-31(37)42-25-14-10-9-11-15-25/h9-11,14-17,20,23H,5-8,12-13,18-19,21-22,33H2,1-4H3/t23-,32?/m0/s1. The van der Waals surface area contributed by atoms with Crippen molar-refractivity contribution >= 4 is 24.4 Å². The van der Waals surface area contributed by atoms with Gasteiger partial charge in [-0.1, -0.05) is 63.8 Å². The normalized spacial score (nSPS) is 12.7. The Balaban J connectivity index is 2.20. The second-order valence-electron chi connectivity index (χ2n) is 10.2. The molecule has 2 aromatic rings. The van der Waals surface area contributed by atoms with E-state index in [1.165, 1.54) is 19.2 Å². The lowest BCUT2D eigenvalue weighted by Gasteiger charge is -2.29. The number of nitrogens with two attached hydrogens (primary N) is 1. The Morgan fingerprint density at radius 1 is 0.773 bits per heavy atom. The molecule has 0 aliphatic heterocycles. The van der Waals surface area contributed by atoms with Crippen molar-refractivity contribution in [2.75, 3.05) is 20.3 Å². The first kappa shape index (κ1) is 35.9. The zero-order valence-corrected chi connectivity index (χ0v) is 25.8. The maximum Gasteiger partial charge on any atom is 0.514 e. The van der Waals surface area contributed by atoms with Gasteiger partial charge in [0.05, 0.1) is 20.3 Å². The lowest BCUT2D eigenvalue weighted by Crippen LogP contribution is -2.53. The molecule has 0 spiro atoms. The van der Waals surface area contributed by atoms with Gasteiger partial charge in [-0.2, -0.15) is 0 Å². The molecule has 0 bridgehead atoms. The van der Waals surface area contributed by atoms with Gasteiger partial charge in [-0.05, 0) is 49.6 Å². The number of methoxy groups -OCH3 is 1. The average Bonchev–Trinajstić information content (AvgIpc) is 2.98. The lowest BCUT2D eigenvalue weighted by atomic mass is 9.86. The van der Waals surface area contributed by atoms with Crippen molar-refractivity contribution in [1.29, 1.82) is 0 Å². The van der Waals surface area contributed by atoms with E-state index in [-0.39, 0.29) is 37.6 Å². The largest absolute Gasteiger partial charge is 0.514 e. The van der Waals surface area contributed by atoms with Gasteiger partial charge in [0.15, 0.2) is 11.5 Å². The zero-order chi connectivity index (χ0) is 32.4. The second kappa shape index (κ2) is 19.1. The molecular weight excluding hydrogens is 574 g/mol. The fourth-order valence-corrected chi connectivity index (χ4v) is 4.20. The summed E-state index contributed by atoms with van der Waals surface area (Å²) in [7, 11) is 1.19. The van der Waals surface area contributed by atoms with Crippen molar-refractivity contribution in [2.24, 2.45) is 5.73 Å². The molecule has 0 aliphatic rings. The third-order valence-corrected chi connectivity index (χ3v) is 6.34. The second-order valence-corrected chi connectivity index (χ2v) is 10.2. The van der Waals surface area contributed by atoms with Gasteiger partial charge in [-0.25, -0.2) is 14.4 Å². The SMILES string of the molecule is CCCCCOC(=O)Oc1ccc(CC(N)(C[C@H](C)OC(=O)Oc2ccccc2)C(=O)OC)cc1OC(=O)OCCCCC. The maximum absolute atomic E-state index is 12.8. The van der Waals surface area contributed by atoms with Gasteiger partial charge in [0.2, 0.25) is 0 Å². The number of ether oxygens (including phenoxy) is 7. The number of benzene rings is 2. The fourth-order valence-electron chi connectivity index (χ4n) is 4.20. The molecule has 0 aromatic heterocycles. The molecule has 242 valence electrons. The van der Waals surface area contributed by atoms with Crippen molar-refractivity contribution in [2.45, 2.75) is 83.8 Å². The molecule has 0 saturated carbocycles. The summed E-state index contributed by atoms with van der Waals surface area (Å²) in [5, 5.41) is 0. The molecular formula is C32H43NO11. The highest BCUT2D eigenvalue weighted by Gasteiger charge is 2.38. The summed E-state index contributed by atoms with van der Waals surface area (Å²) in [6, 6.07) is 12.7. The Kier molecular flexibility index (Phi) is 15.5. The summed E-state index contributed by atoms with van der Waals surface area (Å²) in [6.45, 7) is 5.93. The monoisotopic (exact) mass is 617 g/mol. The molecule has 0 aliphatic carbocycles. The smallest absolute Gasteiger partial charge is 0.468 e. The Labute approximate surface area is 258 Å². The van der Waals surface area contributed by atoms with E-state index in [4.69, 9.17) is 38.9 Å². The molecule has 0 fully saturated rings. The Morgan fingerprint density at radius 3 is 1.93 bits per heavy atom. The van der Waals surface area contributed by atoms with Crippen LogP contribution in [0, 0.1) is 0 Å². The van der Waals surface area contributed by atoms with Crippen LogP contribution in [0.3, 0.4) is 0 Å². The summed E-state index contributed by atoms with van der Waals surface area (Å²) in [6.07, 6.45) is 0.957. The van der Waals surface area contributed by atoms with Crippen LogP contribution in [-0.2, 0) is 30.2 Å². The van der Waals surface area contributed by atoms with E-state index in [0.29, 0.717) is 24.2 Å². The van der Waals surface area contributed by atoms with Crippen LogP contribution in [0.4, 0.5) is 14.4 Å². The number of unbranched alkanes of at least 4 members (excludes halogenated alkanes) is 4. The van der Waals surface area contributed by atoms with Gasteiger partial charge < -0.3 is 38.9 Å². The lowest BCUT2D eigenvalue weighted by molar-refractivity contribution is -0.148. The van der Waals surface area contributed by atoms with Crippen molar-refractivity contribution < 1.29 is 52.3 Å². The van der Waals surface area contributed by atoms with E-state index < -0.39 is 36.1 Å². The van der Waals surface area contributed by atoms with E-state index in [2.05, 4.69) is 0 Å². The van der Waals surface area contributed by atoms with Gasteiger partial charge in [-0.3, -0.25) is 4.79 Å². The predicted molar refractivity (Wildman–Crippen MR) is 160 cm³/mol. The van der Waals surface area contributed by atoms with Crippen LogP contribution >= 0.6 is 0 Å². The number of carbonyl (C=O) groups is 4. The summed E-state index contributed by atoms with van der Waals surface area (Å²) >= 11 is 0. The number of para-hydroxylation sites is 1. The molecule has 1 unspecified atom stereocenters. The highest BCUT2D eigenvalue weighted by molar-refractivity contribution is 5.81. The van der Waals surface area contributed by atoms with E-state index in [1.807, 2.05) is 13.8 Å².